The van der Waals surface area contributed by atoms with E-state index < -0.39 is 6.10 Å². The van der Waals surface area contributed by atoms with Crippen molar-refractivity contribution >= 4 is 0 Å². The molecular weight excluding hydrogens is 156 g/mol. The minimum absolute atomic E-state index is 0.187. The quantitative estimate of drug-likeness (QED) is 0.579. The predicted molar refractivity (Wildman–Crippen MR) is 47.9 cm³/mol. The molecule has 0 rings (SSSR count). The van der Waals surface area contributed by atoms with Crippen LogP contribution in [0.2, 0.25) is 0 Å². The molecule has 0 aromatic carbocycles. The van der Waals surface area contributed by atoms with Gasteiger partial charge in [-0.3, -0.25) is 0 Å². The number of hydrogen-bond donors (Lipinski definition) is 2. The van der Waals surface area contributed by atoms with E-state index in [9.17, 15) is 5.11 Å². The fourth-order valence-corrected chi connectivity index (χ4v) is 1.03. The van der Waals surface area contributed by atoms with Gasteiger partial charge in [-0.15, -0.1) is 6.58 Å². The van der Waals surface area contributed by atoms with Crippen molar-refractivity contribution in [3.8, 4) is 0 Å². The molecule has 0 heterocycles. The minimum Gasteiger partial charge on any atom is -0.394 e. The van der Waals surface area contributed by atoms with E-state index in [0.29, 0.717) is 6.61 Å². The van der Waals surface area contributed by atoms with E-state index in [1.165, 1.54) is 0 Å². The molecule has 0 saturated heterocycles. The normalized spacial score (nSPS) is 16.1. The lowest BCUT2D eigenvalue weighted by Gasteiger charge is -2.24. The van der Waals surface area contributed by atoms with Crippen molar-refractivity contribution in [2.75, 3.05) is 13.2 Å². The summed E-state index contributed by atoms with van der Waals surface area (Å²) in [6.07, 6.45) is 0.511. The average molecular weight is 174 g/mol. The standard InChI is InChI=1S/C9H18O3/c1-4-5-12-9(7(2)3)8(11)6-10/h4,7-11H,1,5-6H2,2-3H3/t8-,9?/m0/s1. The first-order valence-corrected chi connectivity index (χ1v) is 4.14. The maximum Gasteiger partial charge on any atom is 0.103 e. The molecule has 0 bridgehead atoms. The number of aliphatic hydroxyl groups excluding tert-OH is 2. The average Bonchev–Trinajstić information content (AvgIpc) is 2.04. The Hall–Kier alpha value is -0.380. The number of rotatable bonds is 6. The van der Waals surface area contributed by atoms with Gasteiger partial charge in [0.15, 0.2) is 0 Å². The SMILES string of the molecule is C=CCOC(C(C)C)[C@@H](O)CO. The van der Waals surface area contributed by atoms with Gasteiger partial charge in [-0.05, 0) is 5.92 Å². The topological polar surface area (TPSA) is 49.7 Å². The molecule has 0 aromatic heterocycles. The highest BCUT2D eigenvalue weighted by Gasteiger charge is 2.21. The summed E-state index contributed by atoms with van der Waals surface area (Å²) in [6.45, 7) is 7.52. The van der Waals surface area contributed by atoms with Gasteiger partial charge in [-0.25, -0.2) is 0 Å². The Bertz CT molecular complexity index is 123. The lowest BCUT2D eigenvalue weighted by atomic mass is 10.0. The molecule has 12 heavy (non-hydrogen) atoms. The Kier molecular flexibility index (Phi) is 5.98. The molecule has 3 heteroatoms. The van der Waals surface area contributed by atoms with Crippen LogP contribution in [0.4, 0.5) is 0 Å². The first-order chi connectivity index (χ1) is 5.63. The van der Waals surface area contributed by atoms with Gasteiger partial charge in [-0.1, -0.05) is 19.9 Å². The Morgan fingerprint density at radius 3 is 2.42 bits per heavy atom. The van der Waals surface area contributed by atoms with Crippen LogP contribution in [0.3, 0.4) is 0 Å². The van der Waals surface area contributed by atoms with Crippen molar-refractivity contribution in [2.45, 2.75) is 26.1 Å². The van der Waals surface area contributed by atoms with Gasteiger partial charge in [0.2, 0.25) is 0 Å². The third-order valence-electron chi connectivity index (χ3n) is 1.63. The summed E-state index contributed by atoms with van der Waals surface area (Å²) in [6, 6.07) is 0. The van der Waals surface area contributed by atoms with E-state index >= 15 is 0 Å². The highest BCUT2D eigenvalue weighted by Crippen LogP contribution is 2.10. The third-order valence-corrected chi connectivity index (χ3v) is 1.63. The van der Waals surface area contributed by atoms with E-state index in [4.69, 9.17) is 9.84 Å². The molecule has 1 unspecified atom stereocenters. The monoisotopic (exact) mass is 174 g/mol. The van der Waals surface area contributed by atoms with E-state index in [1.54, 1.807) is 6.08 Å². The molecule has 72 valence electrons. The summed E-state index contributed by atoms with van der Waals surface area (Å²) in [5.74, 6) is 0.187. The molecule has 0 spiro atoms. The first-order valence-electron chi connectivity index (χ1n) is 4.14. The Balaban J connectivity index is 3.93. The van der Waals surface area contributed by atoms with E-state index in [0.717, 1.165) is 0 Å². The number of hydrogen-bond acceptors (Lipinski definition) is 3. The Labute approximate surface area is 73.7 Å². The molecule has 2 N–H and O–H groups in total. The molecular formula is C9H18O3. The molecule has 0 amide bonds. The van der Waals surface area contributed by atoms with Crippen molar-refractivity contribution in [3.63, 3.8) is 0 Å². The van der Waals surface area contributed by atoms with Gasteiger partial charge >= 0.3 is 0 Å². The summed E-state index contributed by atoms with van der Waals surface area (Å²) in [5.41, 5.74) is 0. The van der Waals surface area contributed by atoms with Crippen LogP contribution in [0.1, 0.15) is 13.8 Å². The molecule has 0 aliphatic heterocycles. The highest BCUT2D eigenvalue weighted by molar-refractivity contribution is 4.74. The Morgan fingerprint density at radius 1 is 1.50 bits per heavy atom. The fourth-order valence-electron chi connectivity index (χ4n) is 1.03. The van der Waals surface area contributed by atoms with Crippen LogP contribution in [0.25, 0.3) is 0 Å². The number of ether oxygens (including phenoxy) is 1. The van der Waals surface area contributed by atoms with Crippen molar-refractivity contribution in [2.24, 2.45) is 5.92 Å². The van der Waals surface area contributed by atoms with Crippen LogP contribution < -0.4 is 0 Å². The van der Waals surface area contributed by atoms with Crippen molar-refractivity contribution < 1.29 is 14.9 Å². The van der Waals surface area contributed by atoms with E-state index in [-0.39, 0.29) is 18.6 Å². The van der Waals surface area contributed by atoms with Gasteiger partial charge in [0.1, 0.15) is 6.10 Å². The first kappa shape index (κ1) is 11.6. The zero-order chi connectivity index (χ0) is 9.56. The van der Waals surface area contributed by atoms with Crippen LogP contribution in [0, 0.1) is 5.92 Å². The van der Waals surface area contributed by atoms with Gasteiger partial charge in [0.05, 0.1) is 19.3 Å². The molecule has 0 aliphatic carbocycles. The van der Waals surface area contributed by atoms with Crippen LogP contribution in [0.5, 0.6) is 0 Å². The van der Waals surface area contributed by atoms with Crippen LogP contribution >= 0.6 is 0 Å². The Morgan fingerprint density at radius 2 is 2.08 bits per heavy atom. The lowest BCUT2D eigenvalue weighted by Crippen LogP contribution is -2.36. The highest BCUT2D eigenvalue weighted by atomic mass is 16.5. The summed E-state index contributed by atoms with van der Waals surface area (Å²) in [4.78, 5) is 0. The molecule has 0 fully saturated rings. The molecule has 0 aliphatic rings. The largest absolute Gasteiger partial charge is 0.394 e. The van der Waals surface area contributed by atoms with Crippen molar-refractivity contribution in [3.05, 3.63) is 12.7 Å². The summed E-state index contributed by atoms with van der Waals surface area (Å²) in [7, 11) is 0. The van der Waals surface area contributed by atoms with Gasteiger partial charge in [0.25, 0.3) is 0 Å². The summed E-state index contributed by atoms with van der Waals surface area (Å²) < 4.78 is 5.28. The fraction of sp³-hybridized carbons (Fsp3) is 0.778. The second kappa shape index (κ2) is 6.17. The van der Waals surface area contributed by atoms with Gasteiger partial charge < -0.3 is 14.9 Å². The molecule has 0 aromatic rings. The maximum absolute atomic E-state index is 9.31. The maximum atomic E-state index is 9.31. The molecule has 0 radical (unpaired) electrons. The molecule has 3 nitrogen and oxygen atoms in total. The van der Waals surface area contributed by atoms with Crippen molar-refractivity contribution in [1.82, 2.24) is 0 Å². The van der Waals surface area contributed by atoms with E-state index in [1.807, 2.05) is 13.8 Å². The van der Waals surface area contributed by atoms with E-state index in [2.05, 4.69) is 6.58 Å². The number of aliphatic hydroxyl groups is 2. The minimum atomic E-state index is -0.801. The predicted octanol–water partition coefficient (Wildman–Crippen LogP) is 0.567. The summed E-state index contributed by atoms with van der Waals surface area (Å²) >= 11 is 0. The molecule has 2 atom stereocenters. The second-order valence-corrected chi connectivity index (χ2v) is 3.08. The van der Waals surface area contributed by atoms with Crippen molar-refractivity contribution in [1.29, 1.82) is 0 Å². The van der Waals surface area contributed by atoms with Gasteiger partial charge in [0, 0.05) is 0 Å². The zero-order valence-electron chi connectivity index (χ0n) is 7.73. The molecule has 0 saturated carbocycles. The van der Waals surface area contributed by atoms with Gasteiger partial charge in [-0.2, -0.15) is 0 Å². The summed E-state index contributed by atoms with van der Waals surface area (Å²) in [5, 5.41) is 18.0. The van der Waals surface area contributed by atoms with Crippen LogP contribution in [-0.2, 0) is 4.74 Å². The second-order valence-electron chi connectivity index (χ2n) is 3.08. The van der Waals surface area contributed by atoms with Crippen LogP contribution in [0.15, 0.2) is 12.7 Å². The lowest BCUT2D eigenvalue weighted by molar-refractivity contribution is -0.0703. The third kappa shape index (κ3) is 3.85. The smallest absolute Gasteiger partial charge is 0.103 e. The zero-order valence-corrected chi connectivity index (χ0v) is 7.73. The van der Waals surface area contributed by atoms with Crippen LogP contribution in [-0.4, -0.2) is 35.6 Å².